The lowest BCUT2D eigenvalue weighted by atomic mass is 10.2. The van der Waals surface area contributed by atoms with Crippen LogP contribution in [0.25, 0.3) is 0 Å². The lowest BCUT2D eigenvalue weighted by Crippen LogP contribution is -2.34. The molecule has 3 aromatic rings. The first-order valence-corrected chi connectivity index (χ1v) is 10.0. The molecule has 0 saturated carbocycles. The van der Waals surface area contributed by atoms with Gasteiger partial charge in [0.15, 0.2) is 6.61 Å². The van der Waals surface area contributed by atoms with Crippen LogP contribution in [0.3, 0.4) is 0 Å². The van der Waals surface area contributed by atoms with Crippen LogP contribution in [0.2, 0.25) is 15.1 Å². The van der Waals surface area contributed by atoms with Gasteiger partial charge in [-0.2, -0.15) is 0 Å². The highest BCUT2D eigenvalue weighted by atomic mass is 35.5. The molecule has 166 valence electrons. The van der Waals surface area contributed by atoms with Crippen molar-refractivity contribution in [3.05, 3.63) is 73.5 Å². The summed E-state index contributed by atoms with van der Waals surface area (Å²) >= 11 is 17.9. The van der Waals surface area contributed by atoms with Crippen molar-refractivity contribution < 1.29 is 14.5 Å². The van der Waals surface area contributed by atoms with Crippen LogP contribution in [0.4, 0.5) is 23.0 Å². The Hall–Kier alpha value is -3.34. The summed E-state index contributed by atoms with van der Waals surface area (Å²) in [4.78, 5) is 30.8. The molecule has 0 unspecified atom stereocenters. The lowest BCUT2D eigenvalue weighted by Gasteiger charge is -2.13. The second kappa shape index (κ2) is 10.3. The fraction of sp³-hybridized carbons (Fsp3) is 0.105. The van der Waals surface area contributed by atoms with Crippen molar-refractivity contribution >= 4 is 63.7 Å². The lowest BCUT2D eigenvalue weighted by molar-refractivity contribution is -0.383. The van der Waals surface area contributed by atoms with E-state index in [0.29, 0.717) is 21.3 Å². The Balaban J connectivity index is 1.71. The van der Waals surface area contributed by atoms with E-state index in [1.807, 2.05) is 0 Å². The smallest absolute Gasteiger partial charge is 0.355 e. The molecule has 0 bridgehead atoms. The van der Waals surface area contributed by atoms with Crippen molar-refractivity contribution in [2.24, 2.45) is 0 Å². The number of nitrogens with one attached hydrogen (secondary N) is 3. The molecule has 10 nitrogen and oxygen atoms in total. The number of aromatic nitrogens is 2. The zero-order valence-electron chi connectivity index (χ0n) is 16.4. The van der Waals surface area contributed by atoms with Crippen molar-refractivity contribution in [2.75, 3.05) is 17.3 Å². The van der Waals surface area contributed by atoms with Gasteiger partial charge in [0.1, 0.15) is 12.1 Å². The van der Waals surface area contributed by atoms with Crippen LogP contribution in [0.5, 0.6) is 5.75 Å². The van der Waals surface area contributed by atoms with E-state index in [1.165, 1.54) is 12.1 Å². The second-order valence-corrected chi connectivity index (χ2v) is 7.50. The topological polar surface area (TPSA) is 131 Å². The number of nitro groups is 1. The maximum atomic E-state index is 12.1. The van der Waals surface area contributed by atoms with E-state index < -0.39 is 23.1 Å². The molecule has 32 heavy (non-hydrogen) atoms. The van der Waals surface area contributed by atoms with Crippen LogP contribution >= 0.6 is 34.8 Å². The van der Waals surface area contributed by atoms with Crippen LogP contribution in [-0.4, -0.2) is 27.4 Å². The monoisotopic (exact) mass is 496 g/mol. The summed E-state index contributed by atoms with van der Waals surface area (Å²) < 4.78 is 5.31. The zero-order valence-corrected chi connectivity index (χ0v) is 18.6. The van der Waals surface area contributed by atoms with E-state index >= 15 is 0 Å². The van der Waals surface area contributed by atoms with E-state index in [0.717, 1.165) is 6.33 Å². The first-order valence-electron chi connectivity index (χ1n) is 8.90. The summed E-state index contributed by atoms with van der Waals surface area (Å²) in [6.45, 7) is 1.34. The van der Waals surface area contributed by atoms with Gasteiger partial charge < -0.3 is 10.1 Å². The van der Waals surface area contributed by atoms with Crippen LogP contribution in [0.1, 0.15) is 5.56 Å². The molecular formula is C19H15Cl3N6O4. The quantitative estimate of drug-likeness (QED) is 0.295. The third-order valence-electron chi connectivity index (χ3n) is 4.10. The maximum Gasteiger partial charge on any atom is 0.355 e. The molecule has 0 spiro atoms. The van der Waals surface area contributed by atoms with Crippen LogP contribution in [0, 0.1) is 17.0 Å². The number of ether oxygens (including phenoxy) is 1. The highest BCUT2D eigenvalue weighted by Gasteiger charge is 2.24. The predicted octanol–water partition coefficient (Wildman–Crippen LogP) is 4.92. The molecule has 1 amide bonds. The number of hydrazine groups is 1. The summed E-state index contributed by atoms with van der Waals surface area (Å²) in [5.74, 6) is -0.701. The summed E-state index contributed by atoms with van der Waals surface area (Å²) in [6.07, 6.45) is 1.10. The standard InChI is InChI=1S/C19H15Cl3N6O4/c1-10-12(21)3-2-4-14(10)25-18-17(28(30)31)19(24-9-23-18)27-26-16(29)8-32-15-6-5-11(20)7-13(15)22/h2-7,9H,8H2,1H3,(H,26,29)(H2,23,24,25,27). The molecule has 13 heteroatoms. The summed E-state index contributed by atoms with van der Waals surface area (Å²) in [5, 5.41) is 15.7. The van der Waals surface area contributed by atoms with Crippen molar-refractivity contribution in [1.82, 2.24) is 15.4 Å². The Morgan fingerprint density at radius 3 is 2.59 bits per heavy atom. The van der Waals surface area contributed by atoms with Crippen LogP contribution in [-0.2, 0) is 4.79 Å². The SMILES string of the molecule is Cc1c(Cl)cccc1Nc1ncnc(NNC(=O)COc2ccc(Cl)cc2Cl)c1[N+](=O)[O-]. The minimum absolute atomic E-state index is 0.0867. The normalized spacial score (nSPS) is 10.4. The van der Waals surface area contributed by atoms with Gasteiger partial charge >= 0.3 is 5.69 Å². The van der Waals surface area contributed by atoms with Crippen molar-refractivity contribution in [3.8, 4) is 5.75 Å². The molecule has 0 aliphatic carbocycles. The third-order valence-corrected chi connectivity index (χ3v) is 5.04. The summed E-state index contributed by atoms with van der Waals surface area (Å²) in [5.41, 5.74) is 5.43. The van der Waals surface area contributed by atoms with E-state index in [1.54, 1.807) is 31.2 Å². The first-order chi connectivity index (χ1) is 15.3. The fourth-order valence-electron chi connectivity index (χ4n) is 2.51. The fourth-order valence-corrected chi connectivity index (χ4v) is 3.14. The van der Waals surface area contributed by atoms with Crippen molar-refractivity contribution in [2.45, 2.75) is 6.92 Å². The number of halogens is 3. The maximum absolute atomic E-state index is 12.1. The Kier molecular flexibility index (Phi) is 7.52. The summed E-state index contributed by atoms with van der Waals surface area (Å²) in [6, 6.07) is 9.61. The number of hydrogen-bond donors (Lipinski definition) is 3. The number of benzene rings is 2. The average Bonchev–Trinajstić information content (AvgIpc) is 2.74. The van der Waals surface area contributed by atoms with Crippen molar-refractivity contribution in [3.63, 3.8) is 0 Å². The molecular weight excluding hydrogens is 483 g/mol. The van der Waals surface area contributed by atoms with E-state index in [-0.39, 0.29) is 22.4 Å². The number of carbonyl (C=O) groups excluding carboxylic acids is 1. The van der Waals surface area contributed by atoms with Gasteiger partial charge in [0, 0.05) is 15.7 Å². The summed E-state index contributed by atoms with van der Waals surface area (Å²) in [7, 11) is 0. The Morgan fingerprint density at radius 2 is 1.88 bits per heavy atom. The molecule has 0 aliphatic rings. The van der Waals surface area contributed by atoms with Gasteiger partial charge in [-0.05, 0) is 42.8 Å². The second-order valence-electron chi connectivity index (χ2n) is 6.25. The van der Waals surface area contributed by atoms with Gasteiger partial charge in [0.25, 0.3) is 5.91 Å². The van der Waals surface area contributed by atoms with Gasteiger partial charge in [-0.25, -0.2) is 9.97 Å². The highest BCUT2D eigenvalue weighted by molar-refractivity contribution is 6.35. The number of carbonyl (C=O) groups is 1. The third kappa shape index (κ3) is 5.67. The molecule has 3 rings (SSSR count). The first kappa shape index (κ1) is 23.3. The van der Waals surface area contributed by atoms with Gasteiger partial charge in [-0.15, -0.1) is 0 Å². The molecule has 0 radical (unpaired) electrons. The molecule has 2 aromatic carbocycles. The zero-order chi connectivity index (χ0) is 23.3. The highest BCUT2D eigenvalue weighted by Crippen LogP contribution is 2.33. The van der Waals surface area contributed by atoms with Crippen molar-refractivity contribution in [1.29, 1.82) is 0 Å². The Bertz CT molecular complexity index is 1180. The molecule has 0 saturated heterocycles. The average molecular weight is 498 g/mol. The van der Waals surface area contributed by atoms with Gasteiger partial charge in [0.2, 0.25) is 11.6 Å². The number of anilines is 3. The van der Waals surface area contributed by atoms with Crippen LogP contribution < -0.4 is 20.9 Å². The predicted molar refractivity (Wildman–Crippen MR) is 122 cm³/mol. The largest absolute Gasteiger partial charge is 0.482 e. The number of nitrogens with zero attached hydrogens (tertiary/aromatic N) is 3. The minimum Gasteiger partial charge on any atom is -0.482 e. The van der Waals surface area contributed by atoms with Gasteiger partial charge in [0.05, 0.1) is 9.95 Å². The molecule has 0 fully saturated rings. The van der Waals surface area contributed by atoms with E-state index in [2.05, 4.69) is 26.1 Å². The van der Waals surface area contributed by atoms with E-state index in [9.17, 15) is 14.9 Å². The molecule has 1 heterocycles. The minimum atomic E-state index is -0.680. The Labute approximate surface area is 197 Å². The van der Waals surface area contributed by atoms with Gasteiger partial charge in [-0.1, -0.05) is 40.9 Å². The molecule has 0 atom stereocenters. The number of amides is 1. The molecule has 1 aromatic heterocycles. The Morgan fingerprint density at radius 1 is 1.12 bits per heavy atom. The van der Waals surface area contributed by atoms with E-state index in [4.69, 9.17) is 39.5 Å². The number of rotatable bonds is 8. The van der Waals surface area contributed by atoms with Gasteiger partial charge in [-0.3, -0.25) is 25.8 Å². The number of hydrogen-bond acceptors (Lipinski definition) is 8. The molecule has 0 aliphatic heterocycles. The molecule has 3 N–H and O–H groups in total. The van der Waals surface area contributed by atoms with Crippen LogP contribution in [0.15, 0.2) is 42.7 Å².